The number of aromatic nitrogens is 2. The molecule has 17 heavy (non-hydrogen) atoms. The van der Waals surface area contributed by atoms with Crippen LogP contribution in [-0.4, -0.2) is 15.6 Å². The highest BCUT2D eigenvalue weighted by molar-refractivity contribution is 5.94. The number of hydrogen-bond acceptors (Lipinski definition) is 2. The summed E-state index contributed by atoms with van der Waals surface area (Å²) in [6.07, 6.45) is 2.49. The molecule has 2 aromatic rings. The fourth-order valence-corrected chi connectivity index (χ4v) is 1.97. The van der Waals surface area contributed by atoms with Crippen LogP contribution in [0.1, 0.15) is 35.5 Å². The van der Waals surface area contributed by atoms with E-state index in [-0.39, 0.29) is 5.78 Å². The van der Waals surface area contributed by atoms with E-state index in [0.717, 1.165) is 24.2 Å². The molecular formula is C14H16N2O. The molecule has 88 valence electrons. The minimum absolute atomic E-state index is 0.0844. The van der Waals surface area contributed by atoms with Gasteiger partial charge in [-0.3, -0.25) is 9.48 Å². The molecule has 0 unspecified atom stereocenters. The second-order valence-corrected chi connectivity index (χ2v) is 4.06. The molecule has 3 heteroatoms. The van der Waals surface area contributed by atoms with E-state index in [0.29, 0.717) is 0 Å². The van der Waals surface area contributed by atoms with E-state index in [4.69, 9.17) is 0 Å². The summed E-state index contributed by atoms with van der Waals surface area (Å²) in [6, 6.07) is 10.1. The smallest absolute Gasteiger partial charge is 0.163 e. The second-order valence-electron chi connectivity index (χ2n) is 4.06. The van der Waals surface area contributed by atoms with Crippen molar-refractivity contribution in [2.75, 3.05) is 0 Å². The molecule has 1 aromatic heterocycles. The Labute approximate surface area is 101 Å². The summed E-state index contributed by atoms with van der Waals surface area (Å²) in [6.45, 7) is 4.35. The van der Waals surface area contributed by atoms with E-state index in [1.165, 1.54) is 5.56 Å². The zero-order valence-electron chi connectivity index (χ0n) is 10.2. The predicted octanol–water partition coefficient (Wildman–Crippen LogP) is 2.70. The quantitative estimate of drug-likeness (QED) is 0.754. The van der Waals surface area contributed by atoms with Crippen LogP contribution in [0.25, 0.3) is 0 Å². The number of nitrogens with zero attached hydrogens (tertiary/aromatic N) is 2. The van der Waals surface area contributed by atoms with Gasteiger partial charge >= 0.3 is 0 Å². The van der Waals surface area contributed by atoms with Crippen LogP contribution in [0.3, 0.4) is 0 Å². The Morgan fingerprint density at radius 3 is 2.59 bits per heavy atom. The van der Waals surface area contributed by atoms with E-state index in [2.05, 4.69) is 17.2 Å². The van der Waals surface area contributed by atoms with Crippen LogP contribution in [0.15, 0.2) is 36.5 Å². The van der Waals surface area contributed by atoms with Gasteiger partial charge in [0.2, 0.25) is 0 Å². The molecule has 0 bridgehead atoms. The molecule has 1 heterocycles. The maximum Gasteiger partial charge on any atom is 0.163 e. The fourth-order valence-electron chi connectivity index (χ4n) is 1.97. The van der Waals surface area contributed by atoms with Crippen LogP contribution in [-0.2, 0) is 13.0 Å². The van der Waals surface area contributed by atoms with Gasteiger partial charge in [0.15, 0.2) is 5.78 Å². The summed E-state index contributed by atoms with van der Waals surface area (Å²) >= 11 is 0. The highest BCUT2D eigenvalue weighted by atomic mass is 16.1. The second kappa shape index (κ2) is 4.95. The number of carbonyl (C=O) groups is 1. The minimum atomic E-state index is 0.0844. The number of ketones is 1. The van der Waals surface area contributed by atoms with Crippen molar-refractivity contribution in [1.82, 2.24) is 9.78 Å². The molecule has 1 aromatic carbocycles. The first-order chi connectivity index (χ1) is 8.22. The van der Waals surface area contributed by atoms with Gasteiger partial charge in [0.25, 0.3) is 0 Å². The van der Waals surface area contributed by atoms with Crippen molar-refractivity contribution < 1.29 is 4.79 Å². The zero-order valence-corrected chi connectivity index (χ0v) is 10.2. The lowest BCUT2D eigenvalue weighted by molar-refractivity contribution is 0.101. The number of benzene rings is 1. The molecule has 0 radical (unpaired) electrons. The van der Waals surface area contributed by atoms with Crippen molar-refractivity contribution in [2.45, 2.75) is 26.8 Å². The lowest BCUT2D eigenvalue weighted by Crippen LogP contribution is -2.07. The molecule has 0 N–H and O–H groups in total. The normalized spacial score (nSPS) is 10.5. The monoisotopic (exact) mass is 228 g/mol. The maximum absolute atomic E-state index is 11.4. The summed E-state index contributed by atoms with van der Waals surface area (Å²) in [4.78, 5) is 11.4. The molecule has 0 aliphatic rings. The van der Waals surface area contributed by atoms with Crippen LogP contribution >= 0.6 is 0 Å². The Morgan fingerprint density at radius 1 is 1.29 bits per heavy atom. The number of rotatable bonds is 4. The van der Waals surface area contributed by atoms with Gasteiger partial charge in [0, 0.05) is 5.69 Å². The van der Waals surface area contributed by atoms with Gasteiger partial charge in [-0.25, -0.2) is 0 Å². The van der Waals surface area contributed by atoms with Crippen molar-refractivity contribution in [1.29, 1.82) is 0 Å². The van der Waals surface area contributed by atoms with Gasteiger partial charge in [-0.15, -0.1) is 0 Å². The highest BCUT2D eigenvalue weighted by Gasteiger charge is 2.12. The molecule has 3 nitrogen and oxygen atoms in total. The van der Waals surface area contributed by atoms with Gasteiger partial charge in [-0.05, 0) is 18.9 Å². The van der Waals surface area contributed by atoms with Gasteiger partial charge in [0.05, 0.1) is 18.3 Å². The Balaban J connectivity index is 2.31. The van der Waals surface area contributed by atoms with E-state index in [1.54, 1.807) is 13.1 Å². The van der Waals surface area contributed by atoms with Crippen LogP contribution in [0, 0.1) is 0 Å². The predicted molar refractivity (Wildman–Crippen MR) is 67.2 cm³/mol. The molecule has 0 aliphatic carbocycles. The molecule has 0 amide bonds. The third-order valence-corrected chi connectivity index (χ3v) is 2.84. The van der Waals surface area contributed by atoms with Crippen molar-refractivity contribution >= 4 is 5.78 Å². The first kappa shape index (κ1) is 11.6. The molecule has 2 rings (SSSR count). The number of carbonyl (C=O) groups excluding carboxylic acids is 1. The van der Waals surface area contributed by atoms with E-state index in [9.17, 15) is 4.79 Å². The van der Waals surface area contributed by atoms with Crippen LogP contribution in [0.5, 0.6) is 0 Å². The fraction of sp³-hybridized carbons (Fsp3) is 0.286. The lowest BCUT2D eigenvalue weighted by Gasteiger charge is -2.07. The topological polar surface area (TPSA) is 34.9 Å². The summed E-state index contributed by atoms with van der Waals surface area (Å²) in [7, 11) is 0. The molecule has 0 fully saturated rings. The Hall–Kier alpha value is -1.90. The molecule has 0 saturated heterocycles. The summed E-state index contributed by atoms with van der Waals surface area (Å²) in [5, 5.41) is 4.30. The average molecular weight is 228 g/mol. The van der Waals surface area contributed by atoms with Crippen molar-refractivity contribution in [3.8, 4) is 0 Å². The SMILES string of the molecule is CCc1c(C(C)=O)cnn1Cc1ccccc1. The van der Waals surface area contributed by atoms with E-state index >= 15 is 0 Å². The number of Topliss-reactive ketones (excluding diaryl/α,β-unsaturated/α-hetero) is 1. The highest BCUT2D eigenvalue weighted by Crippen LogP contribution is 2.12. The maximum atomic E-state index is 11.4. The first-order valence-corrected chi connectivity index (χ1v) is 5.82. The van der Waals surface area contributed by atoms with Gasteiger partial charge in [0.1, 0.15) is 0 Å². The summed E-state index contributed by atoms with van der Waals surface area (Å²) in [5.41, 5.74) is 2.95. The molecular weight excluding hydrogens is 212 g/mol. The Kier molecular flexibility index (Phi) is 3.38. The largest absolute Gasteiger partial charge is 0.294 e. The van der Waals surface area contributed by atoms with E-state index in [1.807, 2.05) is 29.8 Å². The average Bonchev–Trinajstić information content (AvgIpc) is 2.73. The standard InChI is InChI=1S/C14H16N2O/c1-3-14-13(11(2)17)9-15-16(14)10-12-7-5-4-6-8-12/h4-9H,3,10H2,1-2H3. The first-order valence-electron chi connectivity index (χ1n) is 5.82. The Bertz CT molecular complexity index is 514. The van der Waals surface area contributed by atoms with Crippen molar-refractivity contribution in [2.24, 2.45) is 0 Å². The number of hydrogen-bond donors (Lipinski definition) is 0. The molecule has 0 atom stereocenters. The molecule has 0 saturated carbocycles. The van der Waals surface area contributed by atoms with Crippen molar-refractivity contribution in [3.05, 3.63) is 53.3 Å². The zero-order chi connectivity index (χ0) is 12.3. The van der Waals surface area contributed by atoms with Gasteiger partial charge in [-0.1, -0.05) is 37.3 Å². The van der Waals surface area contributed by atoms with Crippen LogP contribution in [0.2, 0.25) is 0 Å². The van der Waals surface area contributed by atoms with Crippen LogP contribution in [0.4, 0.5) is 0 Å². The third kappa shape index (κ3) is 2.44. The summed E-state index contributed by atoms with van der Waals surface area (Å²) < 4.78 is 1.91. The third-order valence-electron chi connectivity index (χ3n) is 2.84. The van der Waals surface area contributed by atoms with Crippen LogP contribution < -0.4 is 0 Å². The van der Waals surface area contributed by atoms with Crippen molar-refractivity contribution in [3.63, 3.8) is 0 Å². The lowest BCUT2D eigenvalue weighted by atomic mass is 10.1. The Morgan fingerprint density at radius 2 is 2.00 bits per heavy atom. The molecule has 0 aliphatic heterocycles. The van der Waals surface area contributed by atoms with E-state index < -0.39 is 0 Å². The minimum Gasteiger partial charge on any atom is -0.294 e. The molecule has 0 spiro atoms. The van der Waals surface area contributed by atoms with Gasteiger partial charge < -0.3 is 0 Å². The summed E-state index contributed by atoms with van der Waals surface area (Å²) in [5.74, 6) is 0.0844. The van der Waals surface area contributed by atoms with Gasteiger partial charge in [-0.2, -0.15) is 5.10 Å².